The standard InChI is InChI=1S/C15H22N2OS/c1-4-12(2)8-15(18)17(3)10-14-9-13(11-19-14)6-5-7-16/h9,11-12H,4,7-8,10,16H2,1-3H3. The first-order valence-corrected chi connectivity index (χ1v) is 7.45. The number of nitrogens with zero attached hydrogens (tertiary/aromatic N) is 1. The van der Waals surface area contributed by atoms with Crippen molar-refractivity contribution >= 4 is 17.2 Å². The molecule has 1 amide bonds. The van der Waals surface area contributed by atoms with Crippen LogP contribution in [0.1, 0.15) is 37.1 Å². The van der Waals surface area contributed by atoms with Crippen LogP contribution in [-0.2, 0) is 11.3 Å². The molecule has 1 aromatic rings. The minimum absolute atomic E-state index is 0.206. The number of nitrogens with two attached hydrogens (primary N) is 1. The number of hydrogen-bond donors (Lipinski definition) is 1. The second-order valence-electron chi connectivity index (χ2n) is 4.77. The fourth-order valence-electron chi connectivity index (χ4n) is 1.60. The summed E-state index contributed by atoms with van der Waals surface area (Å²) in [5.74, 6) is 6.49. The van der Waals surface area contributed by atoms with Gasteiger partial charge in [-0.1, -0.05) is 32.1 Å². The van der Waals surface area contributed by atoms with Gasteiger partial charge in [-0.05, 0) is 12.0 Å². The normalized spacial score (nSPS) is 11.6. The van der Waals surface area contributed by atoms with Crippen LogP contribution in [-0.4, -0.2) is 24.4 Å². The van der Waals surface area contributed by atoms with Crippen LogP contribution >= 0.6 is 11.3 Å². The van der Waals surface area contributed by atoms with Gasteiger partial charge in [-0.2, -0.15) is 0 Å². The Balaban J connectivity index is 2.54. The third-order valence-corrected chi connectivity index (χ3v) is 3.95. The van der Waals surface area contributed by atoms with Gasteiger partial charge in [0.2, 0.25) is 5.91 Å². The maximum atomic E-state index is 12.0. The molecule has 1 heterocycles. The Kier molecular flexibility index (Phi) is 6.61. The number of amides is 1. The van der Waals surface area contributed by atoms with Gasteiger partial charge in [-0.15, -0.1) is 11.3 Å². The van der Waals surface area contributed by atoms with E-state index in [9.17, 15) is 4.79 Å². The molecule has 3 nitrogen and oxygen atoms in total. The first-order chi connectivity index (χ1) is 9.06. The van der Waals surface area contributed by atoms with Crippen molar-refractivity contribution in [2.45, 2.75) is 33.2 Å². The molecule has 0 spiro atoms. The van der Waals surface area contributed by atoms with Gasteiger partial charge in [0.15, 0.2) is 0 Å². The average Bonchev–Trinajstić information content (AvgIpc) is 2.83. The largest absolute Gasteiger partial charge is 0.341 e. The Hall–Kier alpha value is -1.31. The van der Waals surface area contributed by atoms with Crippen LogP contribution in [0, 0.1) is 17.8 Å². The van der Waals surface area contributed by atoms with E-state index in [2.05, 4.69) is 25.7 Å². The first-order valence-electron chi connectivity index (χ1n) is 6.57. The van der Waals surface area contributed by atoms with Gasteiger partial charge in [-0.3, -0.25) is 4.79 Å². The average molecular weight is 278 g/mol. The summed E-state index contributed by atoms with van der Waals surface area (Å²) in [5.41, 5.74) is 6.32. The predicted octanol–water partition coefficient (Wildman–Crippen LogP) is 2.45. The summed E-state index contributed by atoms with van der Waals surface area (Å²) in [4.78, 5) is 14.9. The Labute approximate surface area is 119 Å². The van der Waals surface area contributed by atoms with Crippen molar-refractivity contribution in [3.8, 4) is 11.8 Å². The van der Waals surface area contributed by atoms with Crippen molar-refractivity contribution < 1.29 is 4.79 Å². The lowest BCUT2D eigenvalue weighted by atomic mass is 10.0. The van der Waals surface area contributed by atoms with Crippen molar-refractivity contribution in [2.24, 2.45) is 11.7 Å². The molecule has 0 saturated carbocycles. The second-order valence-corrected chi connectivity index (χ2v) is 5.77. The lowest BCUT2D eigenvalue weighted by Gasteiger charge is -2.18. The third kappa shape index (κ3) is 5.46. The van der Waals surface area contributed by atoms with E-state index < -0.39 is 0 Å². The van der Waals surface area contributed by atoms with E-state index in [1.807, 2.05) is 18.5 Å². The summed E-state index contributed by atoms with van der Waals surface area (Å²) < 4.78 is 0. The zero-order chi connectivity index (χ0) is 14.3. The molecule has 0 radical (unpaired) electrons. The molecular weight excluding hydrogens is 256 g/mol. The van der Waals surface area contributed by atoms with Crippen LogP contribution < -0.4 is 5.73 Å². The quantitative estimate of drug-likeness (QED) is 0.841. The summed E-state index contributed by atoms with van der Waals surface area (Å²) in [7, 11) is 1.86. The molecule has 1 unspecified atom stereocenters. The molecular formula is C15H22N2OS. The fourth-order valence-corrected chi connectivity index (χ4v) is 2.47. The van der Waals surface area contributed by atoms with Gasteiger partial charge in [0.25, 0.3) is 0 Å². The number of rotatable bonds is 5. The molecule has 2 N–H and O–H groups in total. The Bertz CT molecular complexity index is 470. The summed E-state index contributed by atoms with van der Waals surface area (Å²) >= 11 is 1.63. The molecule has 0 aromatic carbocycles. The lowest BCUT2D eigenvalue weighted by molar-refractivity contribution is -0.131. The molecule has 0 aliphatic heterocycles. The fraction of sp³-hybridized carbons (Fsp3) is 0.533. The Morgan fingerprint density at radius 1 is 1.58 bits per heavy atom. The van der Waals surface area contributed by atoms with E-state index in [0.717, 1.165) is 16.9 Å². The molecule has 1 atom stereocenters. The summed E-state index contributed by atoms with van der Waals surface area (Å²) in [5, 5.41) is 2.00. The summed E-state index contributed by atoms with van der Waals surface area (Å²) in [6.45, 7) is 5.25. The van der Waals surface area contributed by atoms with Gasteiger partial charge in [-0.25, -0.2) is 0 Å². The highest BCUT2D eigenvalue weighted by Crippen LogP contribution is 2.17. The molecule has 0 saturated heterocycles. The van der Waals surface area contributed by atoms with Crippen LogP contribution in [0.25, 0.3) is 0 Å². The van der Waals surface area contributed by atoms with Crippen molar-refractivity contribution in [1.29, 1.82) is 0 Å². The summed E-state index contributed by atoms with van der Waals surface area (Å²) in [6.07, 6.45) is 1.66. The van der Waals surface area contributed by atoms with E-state index in [0.29, 0.717) is 25.4 Å². The molecule has 1 aromatic heterocycles. The van der Waals surface area contributed by atoms with Gasteiger partial charge in [0.1, 0.15) is 0 Å². The third-order valence-electron chi connectivity index (χ3n) is 3.03. The highest BCUT2D eigenvalue weighted by molar-refractivity contribution is 7.10. The number of carbonyl (C=O) groups excluding carboxylic acids is 1. The Morgan fingerprint density at radius 2 is 2.32 bits per heavy atom. The van der Waals surface area contributed by atoms with Crippen LogP contribution in [0.15, 0.2) is 11.4 Å². The molecule has 19 heavy (non-hydrogen) atoms. The summed E-state index contributed by atoms with van der Waals surface area (Å²) in [6, 6.07) is 2.03. The minimum Gasteiger partial charge on any atom is -0.341 e. The SMILES string of the molecule is CCC(C)CC(=O)N(C)Cc1cc(C#CCN)cs1. The molecule has 0 aliphatic rings. The van der Waals surface area contributed by atoms with Gasteiger partial charge in [0.05, 0.1) is 13.1 Å². The first kappa shape index (κ1) is 15.7. The maximum absolute atomic E-state index is 12.0. The van der Waals surface area contributed by atoms with Crippen molar-refractivity contribution in [3.63, 3.8) is 0 Å². The molecule has 0 aliphatic carbocycles. The van der Waals surface area contributed by atoms with E-state index in [1.165, 1.54) is 0 Å². The van der Waals surface area contributed by atoms with E-state index in [-0.39, 0.29) is 5.91 Å². The predicted molar refractivity (Wildman–Crippen MR) is 80.8 cm³/mol. The van der Waals surface area contributed by atoms with Gasteiger partial charge >= 0.3 is 0 Å². The van der Waals surface area contributed by atoms with Gasteiger partial charge < -0.3 is 10.6 Å². The zero-order valence-electron chi connectivity index (χ0n) is 11.9. The smallest absolute Gasteiger partial charge is 0.222 e. The number of thiophene rings is 1. The maximum Gasteiger partial charge on any atom is 0.222 e. The van der Waals surface area contributed by atoms with E-state index in [4.69, 9.17) is 5.73 Å². The van der Waals surface area contributed by atoms with Crippen molar-refractivity contribution in [2.75, 3.05) is 13.6 Å². The van der Waals surface area contributed by atoms with Crippen LogP contribution in [0.3, 0.4) is 0 Å². The highest BCUT2D eigenvalue weighted by Gasteiger charge is 2.13. The molecule has 0 fully saturated rings. The van der Waals surface area contributed by atoms with Crippen molar-refractivity contribution in [3.05, 3.63) is 21.9 Å². The highest BCUT2D eigenvalue weighted by atomic mass is 32.1. The topological polar surface area (TPSA) is 46.3 Å². The van der Waals surface area contributed by atoms with Crippen LogP contribution in [0.4, 0.5) is 0 Å². The zero-order valence-corrected chi connectivity index (χ0v) is 12.7. The van der Waals surface area contributed by atoms with Crippen LogP contribution in [0.5, 0.6) is 0 Å². The Morgan fingerprint density at radius 3 is 2.95 bits per heavy atom. The number of carbonyl (C=O) groups is 1. The van der Waals surface area contributed by atoms with Crippen LogP contribution in [0.2, 0.25) is 0 Å². The lowest BCUT2D eigenvalue weighted by Crippen LogP contribution is -2.27. The monoisotopic (exact) mass is 278 g/mol. The second kappa shape index (κ2) is 7.98. The molecule has 0 bridgehead atoms. The van der Waals surface area contributed by atoms with Gasteiger partial charge in [0, 0.05) is 29.3 Å². The van der Waals surface area contributed by atoms with Crippen molar-refractivity contribution in [1.82, 2.24) is 4.90 Å². The number of hydrogen-bond acceptors (Lipinski definition) is 3. The molecule has 1 rings (SSSR count). The van der Waals surface area contributed by atoms with E-state index >= 15 is 0 Å². The van der Waals surface area contributed by atoms with E-state index in [1.54, 1.807) is 16.2 Å². The minimum atomic E-state index is 0.206. The molecule has 104 valence electrons. The molecule has 4 heteroatoms.